The van der Waals surface area contributed by atoms with Gasteiger partial charge in [0.1, 0.15) is 11.9 Å². The van der Waals surface area contributed by atoms with Gasteiger partial charge in [-0.1, -0.05) is 60.7 Å². The molecule has 1 atom stereocenters. The molecule has 4 nitrogen and oxygen atoms in total. The summed E-state index contributed by atoms with van der Waals surface area (Å²) < 4.78 is 13.1. The molecule has 0 aliphatic carbocycles. The second kappa shape index (κ2) is 9.64. The minimum Gasteiger partial charge on any atom is -0.340 e. The zero-order chi connectivity index (χ0) is 20.6. The van der Waals surface area contributed by atoms with Gasteiger partial charge >= 0.3 is 0 Å². The van der Waals surface area contributed by atoms with Crippen molar-refractivity contribution in [3.05, 3.63) is 107 Å². The summed E-state index contributed by atoms with van der Waals surface area (Å²) in [4.78, 5) is 27.3. The van der Waals surface area contributed by atoms with E-state index in [0.29, 0.717) is 18.5 Å². The first-order valence-corrected chi connectivity index (χ1v) is 9.42. The van der Waals surface area contributed by atoms with Crippen LogP contribution in [0.4, 0.5) is 4.39 Å². The van der Waals surface area contributed by atoms with Crippen molar-refractivity contribution in [1.29, 1.82) is 0 Å². The highest BCUT2D eigenvalue weighted by atomic mass is 19.1. The lowest BCUT2D eigenvalue weighted by molar-refractivity contribution is -0.132. The molecule has 0 aromatic heterocycles. The Labute approximate surface area is 170 Å². The number of hydrogen-bond donors (Lipinski definition) is 1. The van der Waals surface area contributed by atoms with Crippen molar-refractivity contribution >= 4 is 11.8 Å². The molecule has 0 saturated carbocycles. The number of likely N-dealkylation sites (N-methyl/N-ethyl adjacent to an activating group) is 1. The molecule has 148 valence electrons. The monoisotopic (exact) mass is 390 g/mol. The predicted octanol–water partition coefficient (Wildman–Crippen LogP) is 3.83. The van der Waals surface area contributed by atoms with E-state index in [1.165, 1.54) is 12.1 Å². The Morgan fingerprint density at radius 3 is 2.07 bits per heavy atom. The lowest BCUT2D eigenvalue weighted by atomic mass is 10.0. The van der Waals surface area contributed by atoms with Crippen LogP contribution in [0.25, 0.3) is 0 Å². The Morgan fingerprint density at radius 1 is 0.862 bits per heavy atom. The summed E-state index contributed by atoms with van der Waals surface area (Å²) in [5.41, 5.74) is 2.27. The number of carbonyl (C=O) groups is 2. The molecule has 3 rings (SSSR count). The van der Waals surface area contributed by atoms with Crippen LogP contribution in [0.15, 0.2) is 84.9 Å². The Kier molecular flexibility index (Phi) is 6.74. The molecule has 3 aromatic carbocycles. The number of nitrogens with zero attached hydrogens (tertiary/aromatic N) is 1. The van der Waals surface area contributed by atoms with E-state index in [1.807, 2.05) is 36.4 Å². The molecular weight excluding hydrogens is 367 g/mol. The molecule has 0 heterocycles. The first kappa shape index (κ1) is 20.3. The van der Waals surface area contributed by atoms with Crippen LogP contribution in [-0.4, -0.2) is 29.8 Å². The van der Waals surface area contributed by atoms with Gasteiger partial charge in [-0.05, 0) is 35.4 Å². The predicted molar refractivity (Wildman–Crippen MR) is 111 cm³/mol. The Hall–Kier alpha value is -3.47. The fraction of sp³-hybridized carbons (Fsp3) is 0.167. The standard InChI is InChI=1S/C24H23FN2O2/c1-27(17-19-12-14-21(25)15-13-19)24(29)22(16-18-8-4-2-5-9-18)26-23(28)20-10-6-3-7-11-20/h2-15,22H,16-17H2,1H3,(H,26,28)/t22-/m0/s1. The number of hydrogen-bond acceptors (Lipinski definition) is 2. The highest BCUT2D eigenvalue weighted by molar-refractivity contribution is 5.97. The second-order valence-corrected chi connectivity index (χ2v) is 6.90. The molecule has 29 heavy (non-hydrogen) atoms. The number of benzene rings is 3. The lowest BCUT2D eigenvalue weighted by Crippen LogP contribution is -2.48. The molecule has 0 bridgehead atoms. The summed E-state index contributed by atoms with van der Waals surface area (Å²) in [6, 6.07) is 23.7. The van der Waals surface area contributed by atoms with Crippen LogP contribution in [0.1, 0.15) is 21.5 Å². The van der Waals surface area contributed by atoms with Crippen molar-refractivity contribution < 1.29 is 14.0 Å². The Morgan fingerprint density at radius 2 is 1.45 bits per heavy atom. The summed E-state index contributed by atoms with van der Waals surface area (Å²) in [5.74, 6) is -0.822. The van der Waals surface area contributed by atoms with Crippen LogP contribution < -0.4 is 5.32 Å². The number of carbonyl (C=O) groups excluding carboxylic acids is 2. The van der Waals surface area contributed by atoms with Crippen molar-refractivity contribution in [2.24, 2.45) is 0 Å². The van der Waals surface area contributed by atoms with Gasteiger partial charge in [-0.25, -0.2) is 4.39 Å². The highest BCUT2D eigenvalue weighted by Gasteiger charge is 2.25. The summed E-state index contributed by atoms with van der Waals surface area (Å²) in [6.45, 7) is 0.325. The minimum atomic E-state index is -0.712. The van der Waals surface area contributed by atoms with Crippen molar-refractivity contribution in [2.45, 2.75) is 19.0 Å². The van der Waals surface area contributed by atoms with Crippen LogP contribution in [0.2, 0.25) is 0 Å². The molecule has 1 N–H and O–H groups in total. The molecule has 2 amide bonds. The summed E-state index contributed by atoms with van der Waals surface area (Å²) in [5, 5.41) is 2.87. The largest absolute Gasteiger partial charge is 0.340 e. The molecule has 0 aliphatic rings. The molecular formula is C24H23FN2O2. The second-order valence-electron chi connectivity index (χ2n) is 6.90. The van der Waals surface area contributed by atoms with E-state index in [9.17, 15) is 14.0 Å². The zero-order valence-electron chi connectivity index (χ0n) is 16.2. The molecule has 5 heteroatoms. The topological polar surface area (TPSA) is 49.4 Å². The van der Waals surface area contributed by atoms with Crippen molar-refractivity contribution in [3.8, 4) is 0 Å². The maximum absolute atomic E-state index is 13.1. The third-order valence-corrected chi connectivity index (χ3v) is 4.63. The molecule has 0 aliphatic heterocycles. The van der Waals surface area contributed by atoms with Crippen LogP contribution in [-0.2, 0) is 17.8 Å². The fourth-order valence-corrected chi connectivity index (χ4v) is 3.09. The first-order chi connectivity index (χ1) is 14.0. The molecule has 0 fully saturated rings. The molecule has 0 unspecified atom stereocenters. The summed E-state index contributed by atoms with van der Waals surface area (Å²) in [7, 11) is 1.68. The SMILES string of the molecule is CN(Cc1ccc(F)cc1)C(=O)[C@H](Cc1ccccc1)NC(=O)c1ccccc1. The third kappa shape index (κ3) is 5.75. The van der Waals surface area contributed by atoms with Gasteiger partial charge < -0.3 is 10.2 Å². The third-order valence-electron chi connectivity index (χ3n) is 4.63. The summed E-state index contributed by atoms with van der Waals surface area (Å²) >= 11 is 0. The lowest BCUT2D eigenvalue weighted by Gasteiger charge is -2.25. The van der Waals surface area contributed by atoms with Gasteiger partial charge in [0.25, 0.3) is 5.91 Å². The summed E-state index contributed by atoms with van der Waals surface area (Å²) in [6.07, 6.45) is 0.381. The van der Waals surface area contributed by atoms with Gasteiger partial charge in [-0.2, -0.15) is 0 Å². The van der Waals surface area contributed by atoms with E-state index in [4.69, 9.17) is 0 Å². The number of rotatable bonds is 7. The van der Waals surface area contributed by atoms with Crippen molar-refractivity contribution in [2.75, 3.05) is 7.05 Å². The maximum atomic E-state index is 13.1. The van der Waals surface area contributed by atoms with Gasteiger partial charge in [-0.3, -0.25) is 9.59 Å². The normalized spacial score (nSPS) is 11.5. The van der Waals surface area contributed by atoms with Crippen molar-refractivity contribution in [3.63, 3.8) is 0 Å². The Balaban J connectivity index is 1.76. The quantitative estimate of drug-likeness (QED) is 0.667. The molecule has 0 radical (unpaired) electrons. The average molecular weight is 390 g/mol. The zero-order valence-corrected chi connectivity index (χ0v) is 16.2. The first-order valence-electron chi connectivity index (χ1n) is 9.42. The number of amides is 2. The molecule has 3 aromatic rings. The van der Waals surface area contributed by atoms with Gasteiger partial charge in [-0.15, -0.1) is 0 Å². The van der Waals surface area contributed by atoms with Crippen LogP contribution in [0.5, 0.6) is 0 Å². The Bertz CT molecular complexity index is 944. The van der Waals surface area contributed by atoms with Crippen LogP contribution in [0.3, 0.4) is 0 Å². The molecule has 0 saturated heterocycles. The fourth-order valence-electron chi connectivity index (χ4n) is 3.09. The van der Waals surface area contributed by atoms with Crippen molar-refractivity contribution in [1.82, 2.24) is 10.2 Å². The number of halogens is 1. The van der Waals surface area contributed by atoms with E-state index in [-0.39, 0.29) is 17.6 Å². The van der Waals surface area contributed by atoms with Crippen LogP contribution in [0, 0.1) is 5.82 Å². The van der Waals surface area contributed by atoms with E-state index in [1.54, 1.807) is 48.3 Å². The van der Waals surface area contributed by atoms with E-state index >= 15 is 0 Å². The van der Waals surface area contributed by atoms with E-state index in [2.05, 4.69) is 5.32 Å². The maximum Gasteiger partial charge on any atom is 0.251 e. The van der Waals surface area contributed by atoms with Gasteiger partial charge in [0.05, 0.1) is 0 Å². The average Bonchev–Trinajstić information content (AvgIpc) is 2.75. The highest BCUT2D eigenvalue weighted by Crippen LogP contribution is 2.11. The van der Waals surface area contributed by atoms with E-state index in [0.717, 1.165) is 11.1 Å². The van der Waals surface area contributed by atoms with E-state index < -0.39 is 6.04 Å². The van der Waals surface area contributed by atoms with Gasteiger partial charge in [0.15, 0.2) is 0 Å². The minimum absolute atomic E-state index is 0.206. The van der Waals surface area contributed by atoms with Crippen LogP contribution >= 0.6 is 0 Å². The number of nitrogens with one attached hydrogen (secondary N) is 1. The molecule has 0 spiro atoms. The smallest absolute Gasteiger partial charge is 0.251 e. The van der Waals surface area contributed by atoms with Gasteiger partial charge in [0, 0.05) is 25.6 Å². The van der Waals surface area contributed by atoms with Gasteiger partial charge in [0.2, 0.25) is 5.91 Å².